The number of benzene rings is 4. The van der Waals surface area contributed by atoms with Gasteiger partial charge < -0.3 is 20.3 Å². The van der Waals surface area contributed by atoms with Gasteiger partial charge in [-0.15, -0.1) is 0 Å². The van der Waals surface area contributed by atoms with Crippen LogP contribution in [-0.4, -0.2) is 30.4 Å². The van der Waals surface area contributed by atoms with Crippen LogP contribution in [0.15, 0.2) is 78.9 Å². The highest BCUT2D eigenvalue weighted by Crippen LogP contribution is 2.34. The Bertz CT molecular complexity index is 1200. The summed E-state index contributed by atoms with van der Waals surface area (Å²) in [5.74, 6) is 1.42. The van der Waals surface area contributed by atoms with Crippen molar-refractivity contribution < 1.29 is 14.9 Å². The largest absolute Gasteiger partial charge is 0.508 e. The maximum Gasteiger partial charge on any atom is 0.119 e. The van der Waals surface area contributed by atoms with Crippen molar-refractivity contribution in [1.29, 1.82) is 0 Å². The van der Waals surface area contributed by atoms with E-state index in [1.165, 1.54) is 30.4 Å². The number of hydrogen-bond donors (Lipinski definition) is 3. The van der Waals surface area contributed by atoms with Crippen LogP contribution in [0.5, 0.6) is 17.2 Å². The molecule has 0 radical (unpaired) electrons. The standard InChI is InChI=1S/C30H33NO3/c1-31-18-4-2-3-5-19-34-27-14-6-22(7-15-27)20-30-28(23-8-11-25(32)12-9-23)16-10-24-21-26(33)13-17-29(24)30/h6-17,21,31-33H,2-5,18-20H2,1H3. The number of nitrogens with one attached hydrogen (secondary N) is 1. The van der Waals surface area contributed by atoms with Crippen molar-refractivity contribution in [2.75, 3.05) is 20.2 Å². The Kier molecular flexibility index (Phi) is 8.05. The third kappa shape index (κ3) is 6.09. The molecule has 0 aliphatic rings. The average Bonchev–Trinajstić information content (AvgIpc) is 2.85. The van der Waals surface area contributed by atoms with Gasteiger partial charge in [0.2, 0.25) is 0 Å². The predicted octanol–water partition coefficient (Wildman–Crippen LogP) is 6.67. The van der Waals surface area contributed by atoms with E-state index >= 15 is 0 Å². The van der Waals surface area contributed by atoms with Crippen molar-refractivity contribution in [2.24, 2.45) is 0 Å². The Balaban J connectivity index is 1.50. The van der Waals surface area contributed by atoms with E-state index in [0.29, 0.717) is 0 Å². The second kappa shape index (κ2) is 11.6. The summed E-state index contributed by atoms with van der Waals surface area (Å²) in [4.78, 5) is 0. The summed E-state index contributed by atoms with van der Waals surface area (Å²) >= 11 is 0. The van der Waals surface area contributed by atoms with Gasteiger partial charge in [0, 0.05) is 0 Å². The van der Waals surface area contributed by atoms with Crippen LogP contribution in [0.3, 0.4) is 0 Å². The molecular weight excluding hydrogens is 422 g/mol. The molecule has 3 N–H and O–H groups in total. The fourth-order valence-electron chi connectivity index (χ4n) is 4.34. The van der Waals surface area contributed by atoms with Gasteiger partial charge in [-0.3, -0.25) is 0 Å². The predicted molar refractivity (Wildman–Crippen MR) is 140 cm³/mol. The van der Waals surface area contributed by atoms with Gasteiger partial charge in [0.05, 0.1) is 6.61 Å². The van der Waals surface area contributed by atoms with Crippen LogP contribution in [0.1, 0.15) is 36.8 Å². The first-order chi connectivity index (χ1) is 16.6. The molecule has 0 unspecified atom stereocenters. The van der Waals surface area contributed by atoms with Crippen molar-refractivity contribution in [3.05, 3.63) is 90.0 Å². The van der Waals surface area contributed by atoms with Gasteiger partial charge in [0.25, 0.3) is 0 Å². The monoisotopic (exact) mass is 455 g/mol. The number of aromatic hydroxyl groups is 2. The maximum absolute atomic E-state index is 9.96. The number of fused-ring (bicyclic) bond motifs is 1. The summed E-state index contributed by atoms with van der Waals surface area (Å²) in [6.07, 6.45) is 5.46. The molecule has 0 bridgehead atoms. The Labute approximate surface area is 201 Å². The molecule has 0 aliphatic heterocycles. The fraction of sp³-hybridized carbons (Fsp3) is 0.267. The third-order valence-corrected chi connectivity index (χ3v) is 6.19. The molecule has 4 nitrogen and oxygen atoms in total. The molecule has 0 saturated heterocycles. The minimum absolute atomic E-state index is 0.254. The minimum Gasteiger partial charge on any atom is -0.508 e. The Hall–Kier alpha value is -3.50. The van der Waals surface area contributed by atoms with E-state index in [9.17, 15) is 10.2 Å². The molecule has 0 atom stereocenters. The molecule has 176 valence electrons. The lowest BCUT2D eigenvalue weighted by Crippen LogP contribution is -2.07. The Morgan fingerprint density at radius 2 is 1.47 bits per heavy atom. The van der Waals surface area contributed by atoms with Gasteiger partial charge in [0.1, 0.15) is 17.2 Å². The Morgan fingerprint density at radius 3 is 2.24 bits per heavy atom. The lowest BCUT2D eigenvalue weighted by atomic mass is 9.90. The van der Waals surface area contributed by atoms with Crippen LogP contribution in [0.2, 0.25) is 0 Å². The normalized spacial score (nSPS) is 11.1. The fourth-order valence-corrected chi connectivity index (χ4v) is 4.34. The van der Waals surface area contributed by atoms with Crippen LogP contribution in [0.25, 0.3) is 21.9 Å². The molecule has 4 heteroatoms. The number of unbranched alkanes of at least 4 members (excludes halogenated alkanes) is 3. The van der Waals surface area contributed by atoms with E-state index in [4.69, 9.17) is 4.74 Å². The minimum atomic E-state index is 0.254. The molecule has 4 aromatic carbocycles. The second-order valence-electron chi connectivity index (χ2n) is 8.73. The highest BCUT2D eigenvalue weighted by molar-refractivity contribution is 5.93. The summed E-state index contributed by atoms with van der Waals surface area (Å²) < 4.78 is 5.94. The van der Waals surface area contributed by atoms with Crippen molar-refractivity contribution >= 4 is 10.8 Å². The van der Waals surface area contributed by atoms with E-state index in [1.807, 2.05) is 43.4 Å². The van der Waals surface area contributed by atoms with E-state index < -0.39 is 0 Å². The van der Waals surface area contributed by atoms with Crippen LogP contribution in [-0.2, 0) is 6.42 Å². The van der Waals surface area contributed by atoms with Gasteiger partial charge in [-0.1, -0.05) is 55.3 Å². The lowest BCUT2D eigenvalue weighted by molar-refractivity contribution is 0.304. The number of rotatable bonds is 11. The molecular formula is C30H33NO3. The summed E-state index contributed by atoms with van der Waals surface area (Å²) in [6.45, 7) is 1.82. The van der Waals surface area contributed by atoms with E-state index in [2.05, 4.69) is 23.5 Å². The molecule has 4 aromatic rings. The SMILES string of the molecule is CNCCCCCCOc1ccc(Cc2c(-c3ccc(O)cc3)ccc3cc(O)ccc23)cc1. The molecule has 0 aliphatic carbocycles. The smallest absolute Gasteiger partial charge is 0.119 e. The van der Waals surface area contributed by atoms with Crippen LogP contribution in [0.4, 0.5) is 0 Å². The first kappa shape index (κ1) is 23.7. The van der Waals surface area contributed by atoms with E-state index in [1.54, 1.807) is 24.3 Å². The zero-order valence-corrected chi connectivity index (χ0v) is 19.8. The van der Waals surface area contributed by atoms with Crippen LogP contribution in [0, 0.1) is 0 Å². The topological polar surface area (TPSA) is 61.7 Å². The van der Waals surface area contributed by atoms with Crippen LogP contribution >= 0.6 is 0 Å². The zero-order chi connectivity index (χ0) is 23.8. The summed E-state index contributed by atoms with van der Waals surface area (Å²) in [6, 6.07) is 25.3. The van der Waals surface area contributed by atoms with Crippen molar-refractivity contribution in [3.63, 3.8) is 0 Å². The average molecular weight is 456 g/mol. The molecule has 0 heterocycles. The number of ether oxygens (including phenoxy) is 1. The lowest BCUT2D eigenvalue weighted by Gasteiger charge is -2.15. The van der Waals surface area contributed by atoms with Crippen LogP contribution < -0.4 is 10.1 Å². The molecule has 0 amide bonds. The zero-order valence-electron chi connectivity index (χ0n) is 19.8. The van der Waals surface area contributed by atoms with Gasteiger partial charge in [0.15, 0.2) is 0 Å². The summed E-state index contributed by atoms with van der Waals surface area (Å²) in [5, 5.41) is 25.0. The molecule has 0 aromatic heterocycles. The maximum atomic E-state index is 9.96. The van der Waals surface area contributed by atoms with E-state index in [0.717, 1.165) is 53.6 Å². The van der Waals surface area contributed by atoms with Crippen molar-refractivity contribution in [2.45, 2.75) is 32.1 Å². The highest BCUT2D eigenvalue weighted by atomic mass is 16.5. The quantitative estimate of drug-likeness (QED) is 0.221. The first-order valence-electron chi connectivity index (χ1n) is 12.0. The molecule has 34 heavy (non-hydrogen) atoms. The molecule has 0 fully saturated rings. The Morgan fingerprint density at radius 1 is 0.735 bits per heavy atom. The highest BCUT2D eigenvalue weighted by Gasteiger charge is 2.12. The first-order valence-corrected chi connectivity index (χ1v) is 12.0. The second-order valence-corrected chi connectivity index (χ2v) is 8.73. The molecule has 4 rings (SSSR count). The molecule has 0 saturated carbocycles. The molecule has 0 spiro atoms. The number of phenols is 2. The van der Waals surface area contributed by atoms with Crippen molar-refractivity contribution in [1.82, 2.24) is 5.32 Å². The summed E-state index contributed by atoms with van der Waals surface area (Å²) in [5.41, 5.74) is 4.56. The summed E-state index contributed by atoms with van der Waals surface area (Å²) in [7, 11) is 1.99. The van der Waals surface area contributed by atoms with E-state index in [-0.39, 0.29) is 11.5 Å². The third-order valence-electron chi connectivity index (χ3n) is 6.19. The van der Waals surface area contributed by atoms with Gasteiger partial charge in [-0.25, -0.2) is 0 Å². The van der Waals surface area contributed by atoms with Gasteiger partial charge >= 0.3 is 0 Å². The number of phenolic OH excluding ortho intramolecular Hbond substituents is 2. The van der Waals surface area contributed by atoms with Crippen molar-refractivity contribution in [3.8, 4) is 28.4 Å². The van der Waals surface area contributed by atoms with Gasteiger partial charge in [-0.2, -0.15) is 0 Å². The van der Waals surface area contributed by atoms with Gasteiger partial charge in [-0.05, 0) is 102 Å². The number of hydrogen-bond acceptors (Lipinski definition) is 4.